The Balaban J connectivity index is 2.22. The molecule has 0 radical (unpaired) electrons. The highest BCUT2D eigenvalue weighted by Gasteiger charge is 2.12. The van der Waals surface area contributed by atoms with Crippen LogP contribution in [0, 0.1) is 12.7 Å². The summed E-state index contributed by atoms with van der Waals surface area (Å²) < 4.78 is 14.0. The molecule has 2 aromatic rings. The van der Waals surface area contributed by atoms with Gasteiger partial charge >= 0.3 is 0 Å². The van der Waals surface area contributed by atoms with Gasteiger partial charge in [-0.05, 0) is 59.6 Å². The van der Waals surface area contributed by atoms with Crippen molar-refractivity contribution in [2.45, 2.75) is 19.9 Å². The fraction of sp³-hybridized carbons (Fsp3) is 0.214. The van der Waals surface area contributed by atoms with Crippen LogP contribution in [0.1, 0.15) is 24.1 Å². The first-order valence-electron chi connectivity index (χ1n) is 5.84. The largest absolute Gasteiger partial charge is 0.508 e. The second-order valence-corrected chi connectivity index (χ2v) is 5.15. The minimum Gasteiger partial charge on any atom is -0.508 e. The molecule has 1 unspecified atom stereocenters. The molecule has 19 heavy (non-hydrogen) atoms. The van der Waals surface area contributed by atoms with Crippen LogP contribution in [-0.2, 0) is 0 Å². The van der Waals surface area contributed by atoms with Crippen molar-refractivity contribution in [1.29, 1.82) is 0 Å². The van der Waals surface area contributed by atoms with Crippen LogP contribution in [0.25, 0.3) is 0 Å². The van der Waals surface area contributed by atoms with Crippen LogP contribution >= 0.6 is 15.9 Å². The summed E-state index contributed by atoms with van der Waals surface area (Å²) >= 11 is 3.33. The number of nitrogens with zero attached hydrogens (tertiary/aromatic N) is 1. The minimum atomic E-state index is -0.369. The van der Waals surface area contributed by atoms with Crippen LogP contribution in [0.4, 0.5) is 10.1 Å². The Bertz CT molecular complexity index is 604. The van der Waals surface area contributed by atoms with E-state index in [1.54, 1.807) is 6.20 Å². The van der Waals surface area contributed by atoms with Crippen molar-refractivity contribution in [3.63, 3.8) is 0 Å². The molecule has 3 nitrogen and oxygen atoms in total. The summed E-state index contributed by atoms with van der Waals surface area (Å²) in [6.45, 7) is 3.79. The lowest BCUT2D eigenvalue weighted by Crippen LogP contribution is -2.07. The number of aromatic hydroxyl groups is 1. The Morgan fingerprint density at radius 3 is 2.79 bits per heavy atom. The fourth-order valence-electron chi connectivity index (χ4n) is 1.84. The number of benzene rings is 1. The Morgan fingerprint density at radius 1 is 1.37 bits per heavy atom. The summed E-state index contributed by atoms with van der Waals surface area (Å²) in [5.74, 6) is -0.297. The summed E-state index contributed by atoms with van der Waals surface area (Å²) in [4.78, 5) is 4.18. The number of phenolic OH excluding ortho intramolecular Hbond substituents is 1. The maximum Gasteiger partial charge on any atom is 0.123 e. The molecular weight excluding hydrogens is 311 g/mol. The molecule has 100 valence electrons. The molecule has 0 amide bonds. The van der Waals surface area contributed by atoms with E-state index in [4.69, 9.17) is 0 Å². The average Bonchev–Trinajstić information content (AvgIpc) is 2.36. The molecule has 0 aliphatic heterocycles. The molecule has 1 atom stereocenters. The van der Waals surface area contributed by atoms with Gasteiger partial charge < -0.3 is 10.4 Å². The van der Waals surface area contributed by atoms with Gasteiger partial charge in [0.15, 0.2) is 0 Å². The Morgan fingerprint density at radius 2 is 2.11 bits per heavy atom. The minimum absolute atomic E-state index is 0.0724. The van der Waals surface area contributed by atoms with E-state index in [0.717, 1.165) is 15.9 Å². The number of phenols is 1. The first-order chi connectivity index (χ1) is 8.97. The lowest BCUT2D eigenvalue weighted by Gasteiger charge is -2.17. The molecule has 1 heterocycles. The van der Waals surface area contributed by atoms with Gasteiger partial charge in [0.1, 0.15) is 16.2 Å². The van der Waals surface area contributed by atoms with Gasteiger partial charge in [0.25, 0.3) is 0 Å². The van der Waals surface area contributed by atoms with E-state index in [9.17, 15) is 9.50 Å². The second kappa shape index (κ2) is 5.57. The van der Waals surface area contributed by atoms with Gasteiger partial charge in [-0.3, -0.25) is 0 Å². The first-order valence-corrected chi connectivity index (χ1v) is 6.64. The highest BCUT2D eigenvalue weighted by Crippen LogP contribution is 2.28. The molecule has 2 rings (SSSR count). The third kappa shape index (κ3) is 3.23. The Labute approximate surface area is 119 Å². The van der Waals surface area contributed by atoms with Gasteiger partial charge in [0.2, 0.25) is 0 Å². The third-order valence-corrected chi connectivity index (χ3v) is 3.68. The van der Waals surface area contributed by atoms with E-state index >= 15 is 0 Å². The summed E-state index contributed by atoms with van der Waals surface area (Å²) in [6, 6.07) is 5.62. The van der Waals surface area contributed by atoms with Gasteiger partial charge in [0, 0.05) is 5.56 Å². The lowest BCUT2D eigenvalue weighted by molar-refractivity contribution is 0.462. The van der Waals surface area contributed by atoms with Crippen LogP contribution in [-0.4, -0.2) is 10.1 Å². The summed E-state index contributed by atoms with van der Waals surface area (Å²) in [6.07, 6.45) is 1.68. The molecule has 0 spiro atoms. The normalized spacial score (nSPS) is 12.2. The molecule has 1 aromatic heterocycles. The Kier molecular flexibility index (Phi) is 4.04. The summed E-state index contributed by atoms with van der Waals surface area (Å²) in [5.41, 5.74) is 2.33. The predicted molar refractivity (Wildman–Crippen MR) is 76.8 cm³/mol. The molecular formula is C14H14BrFN2O. The molecule has 0 saturated heterocycles. The van der Waals surface area contributed by atoms with Crippen molar-refractivity contribution >= 4 is 21.6 Å². The number of nitrogens with one attached hydrogen (secondary N) is 1. The molecule has 2 N–H and O–H groups in total. The third-order valence-electron chi connectivity index (χ3n) is 2.85. The van der Waals surface area contributed by atoms with Crippen LogP contribution in [0.3, 0.4) is 0 Å². The maximum atomic E-state index is 13.2. The number of halogens is 2. The number of hydrogen-bond acceptors (Lipinski definition) is 3. The quantitative estimate of drug-likeness (QED) is 0.833. The van der Waals surface area contributed by atoms with Gasteiger partial charge in [-0.15, -0.1) is 0 Å². The van der Waals surface area contributed by atoms with E-state index in [-0.39, 0.29) is 17.6 Å². The zero-order chi connectivity index (χ0) is 14.0. The summed E-state index contributed by atoms with van der Waals surface area (Å²) in [5, 5.41) is 12.9. The van der Waals surface area contributed by atoms with Crippen molar-refractivity contribution in [2.75, 3.05) is 5.32 Å². The van der Waals surface area contributed by atoms with Crippen LogP contribution in [0.2, 0.25) is 0 Å². The number of pyridine rings is 1. The molecule has 0 saturated carbocycles. The van der Waals surface area contributed by atoms with Crippen molar-refractivity contribution < 1.29 is 9.50 Å². The SMILES string of the molecule is Cc1cc(NC(C)c2cc(F)ccc2O)cnc1Br. The smallest absolute Gasteiger partial charge is 0.123 e. The molecule has 5 heteroatoms. The first kappa shape index (κ1) is 13.8. The van der Waals surface area contributed by atoms with Gasteiger partial charge in [-0.25, -0.2) is 9.37 Å². The molecule has 0 fully saturated rings. The van der Waals surface area contributed by atoms with Crippen molar-refractivity contribution in [1.82, 2.24) is 4.98 Å². The predicted octanol–water partition coefficient (Wildman–Crippen LogP) is 4.17. The van der Waals surface area contributed by atoms with Gasteiger partial charge in [-0.2, -0.15) is 0 Å². The van der Waals surface area contributed by atoms with Crippen LogP contribution in [0.5, 0.6) is 5.75 Å². The number of anilines is 1. The van der Waals surface area contributed by atoms with Crippen LogP contribution < -0.4 is 5.32 Å². The molecule has 0 bridgehead atoms. The number of aromatic nitrogens is 1. The van der Waals surface area contributed by atoms with Crippen molar-refractivity contribution in [3.8, 4) is 5.75 Å². The second-order valence-electron chi connectivity index (χ2n) is 4.40. The van der Waals surface area contributed by atoms with E-state index in [1.807, 2.05) is 19.9 Å². The van der Waals surface area contributed by atoms with Gasteiger partial charge in [-0.1, -0.05) is 0 Å². The highest BCUT2D eigenvalue weighted by molar-refractivity contribution is 9.10. The number of aryl methyl sites for hydroxylation is 1. The number of rotatable bonds is 3. The summed E-state index contributed by atoms with van der Waals surface area (Å²) in [7, 11) is 0. The van der Waals surface area contributed by atoms with Crippen molar-refractivity contribution in [3.05, 3.63) is 52.0 Å². The molecule has 0 aliphatic rings. The van der Waals surface area contributed by atoms with E-state index in [0.29, 0.717) is 5.56 Å². The molecule has 1 aromatic carbocycles. The van der Waals surface area contributed by atoms with Crippen LogP contribution in [0.15, 0.2) is 35.1 Å². The fourth-order valence-corrected chi connectivity index (χ4v) is 2.05. The highest BCUT2D eigenvalue weighted by atomic mass is 79.9. The maximum absolute atomic E-state index is 13.2. The van der Waals surface area contributed by atoms with Gasteiger partial charge in [0.05, 0.1) is 17.9 Å². The zero-order valence-corrected chi connectivity index (χ0v) is 12.2. The topological polar surface area (TPSA) is 45.1 Å². The standard InChI is InChI=1S/C14H14BrFN2O/c1-8-5-11(7-17-14(8)15)18-9(2)12-6-10(16)3-4-13(12)19/h3-7,9,18-19H,1-2H3. The Hall–Kier alpha value is -1.62. The van der Waals surface area contributed by atoms with E-state index in [1.165, 1.54) is 18.2 Å². The van der Waals surface area contributed by atoms with E-state index in [2.05, 4.69) is 26.2 Å². The van der Waals surface area contributed by atoms with E-state index < -0.39 is 0 Å². The van der Waals surface area contributed by atoms with Crippen molar-refractivity contribution in [2.24, 2.45) is 0 Å². The average molecular weight is 325 g/mol. The monoisotopic (exact) mass is 324 g/mol. The number of hydrogen-bond donors (Lipinski definition) is 2. The lowest BCUT2D eigenvalue weighted by atomic mass is 10.1. The zero-order valence-electron chi connectivity index (χ0n) is 10.6. The molecule has 0 aliphatic carbocycles.